The Hall–Kier alpha value is -3.47. The van der Waals surface area contributed by atoms with Gasteiger partial charge < -0.3 is 4.74 Å². The highest BCUT2D eigenvalue weighted by atomic mass is 16.5. The number of hydrogen-bond acceptors (Lipinski definition) is 4. The van der Waals surface area contributed by atoms with Crippen LogP contribution in [0.1, 0.15) is 12.0 Å². The summed E-state index contributed by atoms with van der Waals surface area (Å²) in [5, 5.41) is 0. The van der Waals surface area contributed by atoms with E-state index in [1.807, 2.05) is 30.3 Å². The molecule has 0 saturated carbocycles. The van der Waals surface area contributed by atoms with Crippen LogP contribution in [-0.2, 0) is 14.4 Å². The SMILES string of the molecule is C=C1CC(=O)N(c2ccc(OC(=O)/C=C/c3ccccc3)cc2)C1=O. The molecule has 0 aliphatic carbocycles. The summed E-state index contributed by atoms with van der Waals surface area (Å²) in [6.45, 7) is 3.57. The first-order chi connectivity index (χ1) is 12.0. The lowest BCUT2D eigenvalue weighted by Crippen LogP contribution is -2.28. The summed E-state index contributed by atoms with van der Waals surface area (Å²) in [4.78, 5) is 36.6. The van der Waals surface area contributed by atoms with Crippen molar-refractivity contribution in [1.29, 1.82) is 0 Å². The molecule has 1 aliphatic heterocycles. The molecule has 1 saturated heterocycles. The Kier molecular flexibility index (Phi) is 4.57. The third-order valence-electron chi connectivity index (χ3n) is 3.64. The van der Waals surface area contributed by atoms with Crippen LogP contribution >= 0.6 is 0 Å². The summed E-state index contributed by atoms with van der Waals surface area (Å²) in [6.07, 6.45) is 3.02. The van der Waals surface area contributed by atoms with Gasteiger partial charge in [-0.3, -0.25) is 9.59 Å². The van der Waals surface area contributed by atoms with Crippen LogP contribution in [0.25, 0.3) is 6.08 Å². The number of benzene rings is 2. The fourth-order valence-electron chi connectivity index (χ4n) is 2.41. The van der Waals surface area contributed by atoms with Gasteiger partial charge in [-0.2, -0.15) is 0 Å². The van der Waals surface area contributed by atoms with E-state index in [1.165, 1.54) is 18.2 Å². The van der Waals surface area contributed by atoms with E-state index in [9.17, 15) is 14.4 Å². The van der Waals surface area contributed by atoms with Gasteiger partial charge in [0.1, 0.15) is 5.75 Å². The van der Waals surface area contributed by atoms with Gasteiger partial charge in [-0.1, -0.05) is 36.9 Å². The maximum atomic E-state index is 11.9. The molecule has 3 rings (SSSR count). The van der Waals surface area contributed by atoms with Crippen LogP contribution in [0.15, 0.2) is 72.8 Å². The van der Waals surface area contributed by atoms with Crippen LogP contribution in [-0.4, -0.2) is 17.8 Å². The minimum Gasteiger partial charge on any atom is -0.423 e. The van der Waals surface area contributed by atoms with Gasteiger partial charge >= 0.3 is 5.97 Å². The van der Waals surface area contributed by atoms with E-state index in [-0.39, 0.29) is 17.9 Å². The summed E-state index contributed by atoms with van der Waals surface area (Å²) in [7, 11) is 0. The van der Waals surface area contributed by atoms with E-state index >= 15 is 0 Å². The molecule has 25 heavy (non-hydrogen) atoms. The highest BCUT2D eigenvalue weighted by Crippen LogP contribution is 2.26. The van der Waals surface area contributed by atoms with Crippen molar-refractivity contribution in [2.45, 2.75) is 6.42 Å². The smallest absolute Gasteiger partial charge is 0.336 e. The molecule has 1 aliphatic rings. The van der Waals surface area contributed by atoms with Crippen molar-refractivity contribution >= 4 is 29.5 Å². The number of esters is 1. The first-order valence-corrected chi connectivity index (χ1v) is 7.64. The monoisotopic (exact) mass is 333 g/mol. The molecule has 5 nitrogen and oxygen atoms in total. The van der Waals surface area contributed by atoms with Crippen LogP contribution < -0.4 is 9.64 Å². The van der Waals surface area contributed by atoms with E-state index in [1.54, 1.807) is 18.2 Å². The lowest BCUT2D eigenvalue weighted by molar-refractivity contribution is -0.129. The zero-order valence-corrected chi connectivity index (χ0v) is 13.3. The lowest BCUT2D eigenvalue weighted by Gasteiger charge is -2.13. The Balaban J connectivity index is 1.66. The highest BCUT2D eigenvalue weighted by Gasteiger charge is 2.33. The maximum Gasteiger partial charge on any atom is 0.336 e. The lowest BCUT2D eigenvalue weighted by atomic mass is 10.2. The van der Waals surface area contributed by atoms with Crippen molar-refractivity contribution < 1.29 is 19.1 Å². The number of amides is 2. The van der Waals surface area contributed by atoms with Crippen molar-refractivity contribution in [3.8, 4) is 5.75 Å². The average molecular weight is 333 g/mol. The van der Waals surface area contributed by atoms with Crippen LogP contribution in [0.3, 0.4) is 0 Å². The zero-order valence-electron chi connectivity index (χ0n) is 13.3. The predicted molar refractivity (Wildman–Crippen MR) is 93.8 cm³/mol. The number of ether oxygens (including phenoxy) is 1. The molecule has 0 bridgehead atoms. The molecule has 0 N–H and O–H groups in total. The first kappa shape index (κ1) is 16.4. The van der Waals surface area contributed by atoms with Gasteiger partial charge in [-0.05, 0) is 35.9 Å². The number of imide groups is 1. The Bertz CT molecular complexity index is 866. The van der Waals surface area contributed by atoms with E-state index in [0.29, 0.717) is 11.4 Å². The van der Waals surface area contributed by atoms with E-state index in [4.69, 9.17) is 4.74 Å². The summed E-state index contributed by atoms with van der Waals surface area (Å²) in [6, 6.07) is 15.6. The van der Waals surface area contributed by atoms with Gasteiger partial charge in [0.25, 0.3) is 5.91 Å². The van der Waals surface area contributed by atoms with Crippen LogP contribution in [0, 0.1) is 0 Å². The fourth-order valence-corrected chi connectivity index (χ4v) is 2.41. The predicted octanol–water partition coefficient (Wildman–Crippen LogP) is 3.12. The maximum absolute atomic E-state index is 11.9. The topological polar surface area (TPSA) is 63.7 Å². The second-order valence-electron chi connectivity index (χ2n) is 5.47. The van der Waals surface area contributed by atoms with Crippen LogP contribution in [0.2, 0.25) is 0 Å². The molecule has 0 radical (unpaired) electrons. The molecular formula is C20H15NO4. The summed E-state index contributed by atoms with van der Waals surface area (Å²) < 4.78 is 5.20. The minimum atomic E-state index is -0.515. The van der Waals surface area contributed by atoms with E-state index < -0.39 is 11.9 Å². The van der Waals surface area contributed by atoms with Crippen molar-refractivity contribution in [2.24, 2.45) is 0 Å². The van der Waals surface area contributed by atoms with Crippen molar-refractivity contribution in [3.05, 3.63) is 78.4 Å². The third-order valence-corrected chi connectivity index (χ3v) is 3.64. The summed E-state index contributed by atoms with van der Waals surface area (Å²) in [5.41, 5.74) is 1.58. The summed E-state index contributed by atoms with van der Waals surface area (Å²) >= 11 is 0. The van der Waals surface area contributed by atoms with Crippen molar-refractivity contribution in [2.75, 3.05) is 4.90 Å². The average Bonchev–Trinajstić information content (AvgIpc) is 2.87. The number of carbonyl (C=O) groups excluding carboxylic acids is 3. The molecule has 124 valence electrons. The third kappa shape index (κ3) is 3.72. The van der Waals surface area contributed by atoms with Gasteiger partial charge in [0.15, 0.2) is 0 Å². The molecule has 0 aromatic heterocycles. The number of carbonyl (C=O) groups is 3. The Morgan fingerprint density at radius 1 is 1.04 bits per heavy atom. The van der Waals surface area contributed by atoms with Crippen LogP contribution in [0.5, 0.6) is 5.75 Å². The van der Waals surface area contributed by atoms with Crippen molar-refractivity contribution in [3.63, 3.8) is 0 Å². The fraction of sp³-hybridized carbons (Fsp3) is 0.0500. The minimum absolute atomic E-state index is 0.0276. The molecule has 5 heteroatoms. The molecule has 2 aromatic carbocycles. The van der Waals surface area contributed by atoms with Gasteiger partial charge in [-0.25, -0.2) is 9.69 Å². The zero-order chi connectivity index (χ0) is 17.8. The molecule has 2 aromatic rings. The standard InChI is InChI=1S/C20H15NO4/c1-14-13-18(22)21(20(14)24)16-8-10-17(11-9-16)25-19(23)12-7-15-5-3-2-4-6-15/h2-12H,1,13H2/b12-7+. The number of anilines is 1. The Labute approximate surface area is 144 Å². The number of hydrogen-bond donors (Lipinski definition) is 0. The normalized spacial score (nSPS) is 14.4. The van der Waals surface area contributed by atoms with Crippen molar-refractivity contribution in [1.82, 2.24) is 0 Å². The molecule has 1 fully saturated rings. The number of nitrogens with zero attached hydrogens (tertiary/aromatic N) is 1. The van der Waals surface area contributed by atoms with Crippen LogP contribution in [0.4, 0.5) is 5.69 Å². The number of rotatable bonds is 4. The molecule has 1 heterocycles. The molecule has 0 spiro atoms. The van der Waals surface area contributed by atoms with Gasteiger partial charge in [0, 0.05) is 11.6 Å². The molecule has 2 amide bonds. The Morgan fingerprint density at radius 2 is 1.72 bits per heavy atom. The summed E-state index contributed by atoms with van der Waals surface area (Å²) in [5.74, 6) is -0.909. The molecule has 0 unspecified atom stereocenters. The largest absolute Gasteiger partial charge is 0.423 e. The molecule has 0 atom stereocenters. The van der Waals surface area contributed by atoms with Gasteiger partial charge in [0.05, 0.1) is 12.1 Å². The van der Waals surface area contributed by atoms with E-state index in [0.717, 1.165) is 10.5 Å². The van der Waals surface area contributed by atoms with E-state index in [2.05, 4.69) is 6.58 Å². The highest BCUT2D eigenvalue weighted by molar-refractivity contribution is 6.27. The first-order valence-electron chi connectivity index (χ1n) is 7.64. The second-order valence-corrected chi connectivity index (χ2v) is 5.47. The Morgan fingerprint density at radius 3 is 2.32 bits per heavy atom. The quantitative estimate of drug-likeness (QED) is 0.373. The molecular weight excluding hydrogens is 318 g/mol. The van der Waals surface area contributed by atoms with Gasteiger partial charge in [0.2, 0.25) is 5.91 Å². The van der Waals surface area contributed by atoms with Gasteiger partial charge in [-0.15, -0.1) is 0 Å². The second kappa shape index (κ2) is 6.97.